The first-order chi connectivity index (χ1) is 8.22. The van der Waals surface area contributed by atoms with Crippen molar-refractivity contribution in [3.05, 3.63) is 35.9 Å². The van der Waals surface area contributed by atoms with Crippen LogP contribution in [0.15, 0.2) is 30.3 Å². The summed E-state index contributed by atoms with van der Waals surface area (Å²) in [6, 6.07) is 6.64. The Labute approximate surface area is 101 Å². The third-order valence-corrected chi connectivity index (χ3v) is 2.14. The summed E-state index contributed by atoms with van der Waals surface area (Å²) in [7, 11) is 1.63. The van der Waals surface area contributed by atoms with Crippen LogP contribution in [0.2, 0.25) is 0 Å². The monoisotopic (exact) mass is 235 g/mol. The quantitative estimate of drug-likeness (QED) is 0.581. The fraction of sp³-hybridized carbons (Fsp3) is 0.308. The van der Waals surface area contributed by atoms with E-state index in [1.54, 1.807) is 37.5 Å². The largest absolute Gasteiger partial charge is 0.508 e. The standard InChI is InChI=1S/C13H17NO3/c1-17-10-2-9-14-13(16)8-5-11-3-6-12(15)7-4-11/h3-8,15H,2,9-10H2,1H3,(H,14,16)/b8-5+. The molecule has 0 aliphatic heterocycles. The third-order valence-electron chi connectivity index (χ3n) is 2.14. The van der Waals surface area contributed by atoms with Gasteiger partial charge in [-0.15, -0.1) is 0 Å². The van der Waals surface area contributed by atoms with Crippen LogP contribution in [0, 0.1) is 0 Å². The summed E-state index contributed by atoms with van der Waals surface area (Å²) in [5, 5.41) is 11.8. The molecule has 1 amide bonds. The average molecular weight is 235 g/mol. The fourth-order valence-corrected chi connectivity index (χ4v) is 1.24. The fourth-order valence-electron chi connectivity index (χ4n) is 1.24. The number of hydrogen-bond donors (Lipinski definition) is 2. The predicted octanol–water partition coefficient (Wildman–Crippen LogP) is 1.56. The molecule has 2 N–H and O–H groups in total. The Morgan fingerprint density at radius 3 is 2.76 bits per heavy atom. The summed E-state index contributed by atoms with van der Waals surface area (Å²) in [6.45, 7) is 1.24. The van der Waals surface area contributed by atoms with Crippen molar-refractivity contribution in [2.24, 2.45) is 0 Å². The molecule has 17 heavy (non-hydrogen) atoms. The number of rotatable bonds is 6. The lowest BCUT2D eigenvalue weighted by atomic mass is 10.2. The number of carbonyl (C=O) groups is 1. The second-order valence-electron chi connectivity index (χ2n) is 3.56. The first-order valence-electron chi connectivity index (χ1n) is 5.46. The van der Waals surface area contributed by atoms with Gasteiger partial charge in [0.05, 0.1) is 0 Å². The van der Waals surface area contributed by atoms with E-state index in [0.717, 1.165) is 12.0 Å². The molecule has 0 saturated carbocycles. The van der Waals surface area contributed by atoms with E-state index in [0.29, 0.717) is 13.2 Å². The normalized spacial score (nSPS) is 10.6. The molecule has 0 aromatic heterocycles. The van der Waals surface area contributed by atoms with Gasteiger partial charge in [0.25, 0.3) is 0 Å². The minimum absolute atomic E-state index is 0.130. The number of methoxy groups -OCH3 is 1. The molecule has 92 valence electrons. The molecule has 0 heterocycles. The second-order valence-corrected chi connectivity index (χ2v) is 3.56. The number of nitrogens with one attached hydrogen (secondary N) is 1. The molecule has 0 aliphatic carbocycles. The Balaban J connectivity index is 2.32. The number of ether oxygens (including phenoxy) is 1. The summed E-state index contributed by atoms with van der Waals surface area (Å²) < 4.78 is 4.87. The molecule has 1 rings (SSSR count). The van der Waals surface area contributed by atoms with E-state index in [2.05, 4.69) is 5.32 Å². The lowest BCUT2D eigenvalue weighted by Crippen LogP contribution is -2.22. The van der Waals surface area contributed by atoms with Crippen molar-refractivity contribution in [1.82, 2.24) is 5.32 Å². The van der Waals surface area contributed by atoms with Gasteiger partial charge in [0.15, 0.2) is 0 Å². The second kappa shape index (κ2) is 7.46. The van der Waals surface area contributed by atoms with Crippen LogP contribution in [0.1, 0.15) is 12.0 Å². The van der Waals surface area contributed by atoms with Gasteiger partial charge in [-0.05, 0) is 30.2 Å². The van der Waals surface area contributed by atoms with Crippen LogP contribution in [0.4, 0.5) is 0 Å². The molecule has 0 radical (unpaired) electrons. The maximum absolute atomic E-state index is 11.4. The highest BCUT2D eigenvalue weighted by molar-refractivity contribution is 5.91. The highest BCUT2D eigenvalue weighted by Crippen LogP contribution is 2.10. The lowest BCUT2D eigenvalue weighted by molar-refractivity contribution is -0.116. The molecule has 0 spiro atoms. The first kappa shape index (κ1) is 13.3. The third kappa shape index (κ3) is 5.73. The molecular formula is C13H17NO3. The molecule has 1 aromatic carbocycles. The van der Waals surface area contributed by atoms with Gasteiger partial charge in [-0.25, -0.2) is 0 Å². The van der Waals surface area contributed by atoms with Crippen LogP contribution in [-0.4, -0.2) is 31.3 Å². The maximum Gasteiger partial charge on any atom is 0.244 e. The van der Waals surface area contributed by atoms with Gasteiger partial charge in [-0.2, -0.15) is 0 Å². The van der Waals surface area contributed by atoms with Gasteiger partial charge >= 0.3 is 0 Å². The molecule has 0 fully saturated rings. The lowest BCUT2D eigenvalue weighted by Gasteiger charge is -2.00. The molecule has 4 nitrogen and oxygen atoms in total. The van der Waals surface area contributed by atoms with Crippen LogP contribution < -0.4 is 5.32 Å². The van der Waals surface area contributed by atoms with Crippen molar-refractivity contribution in [3.63, 3.8) is 0 Å². The Morgan fingerprint density at radius 1 is 1.41 bits per heavy atom. The molecule has 0 unspecified atom stereocenters. The van der Waals surface area contributed by atoms with Crippen molar-refractivity contribution in [2.75, 3.05) is 20.3 Å². The molecule has 0 saturated heterocycles. The zero-order valence-electron chi connectivity index (χ0n) is 9.85. The van der Waals surface area contributed by atoms with E-state index in [1.165, 1.54) is 6.08 Å². The van der Waals surface area contributed by atoms with Crippen LogP contribution in [0.25, 0.3) is 6.08 Å². The van der Waals surface area contributed by atoms with Gasteiger partial charge in [0, 0.05) is 26.3 Å². The number of hydrogen-bond acceptors (Lipinski definition) is 3. The van der Waals surface area contributed by atoms with E-state index < -0.39 is 0 Å². The Morgan fingerprint density at radius 2 is 2.12 bits per heavy atom. The Hall–Kier alpha value is -1.81. The van der Waals surface area contributed by atoms with Crippen molar-refractivity contribution in [2.45, 2.75) is 6.42 Å². The number of benzene rings is 1. The summed E-state index contributed by atoms with van der Waals surface area (Å²) >= 11 is 0. The van der Waals surface area contributed by atoms with Crippen molar-refractivity contribution in [3.8, 4) is 5.75 Å². The highest BCUT2D eigenvalue weighted by atomic mass is 16.5. The number of phenolic OH excluding ortho intramolecular Hbond substituents is 1. The topological polar surface area (TPSA) is 58.6 Å². The van der Waals surface area contributed by atoms with Gasteiger partial charge in [0.1, 0.15) is 5.75 Å². The van der Waals surface area contributed by atoms with Gasteiger partial charge in [-0.3, -0.25) is 4.79 Å². The van der Waals surface area contributed by atoms with Crippen LogP contribution in [0.3, 0.4) is 0 Å². The number of aromatic hydroxyl groups is 1. The van der Waals surface area contributed by atoms with Crippen molar-refractivity contribution < 1.29 is 14.6 Å². The smallest absolute Gasteiger partial charge is 0.244 e. The van der Waals surface area contributed by atoms with E-state index in [9.17, 15) is 4.79 Å². The zero-order chi connectivity index (χ0) is 12.5. The number of phenols is 1. The van der Waals surface area contributed by atoms with E-state index in [1.807, 2.05) is 0 Å². The maximum atomic E-state index is 11.4. The van der Waals surface area contributed by atoms with Gasteiger partial charge in [-0.1, -0.05) is 12.1 Å². The van der Waals surface area contributed by atoms with Crippen LogP contribution >= 0.6 is 0 Å². The molecule has 0 atom stereocenters. The predicted molar refractivity (Wildman–Crippen MR) is 66.6 cm³/mol. The van der Waals surface area contributed by atoms with Gasteiger partial charge in [0.2, 0.25) is 5.91 Å². The Kier molecular flexibility index (Phi) is 5.82. The SMILES string of the molecule is COCCCNC(=O)/C=C/c1ccc(O)cc1. The van der Waals surface area contributed by atoms with E-state index in [-0.39, 0.29) is 11.7 Å². The van der Waals surface area contributed by atoms with Crippen LogP contribution in [-0.2, 0) is 9.53 Å². The van der Waals surface area contributed by atoms with Crippen LogP contribution in [0.5, 0.6) is 5.75 Å². The van der Waals surface area contributed by atoms with Crippen molar-refractivity contribution in [1.29, 1.82) is 0 Å². The number of amides is 1. The van der Waals surface area contributed by atoms with Gasteiger partial charge < -0.3 is 15.2 Å². The zero-order valence-corrected chi connectivity index (χ0v) is 9.85. The van der Waals surface area contributed by atoms with E-state index in [4.69, 9.17) is 9.84 Å². The summed E-state index contributed by atoms with van der Waals surface area (Å²) in [5.74, 6) is 0.0837. The first-order valence-corrected chi connectivity index (χ1v) is 5.46. The summed E-state index contributed by atoms with van der Waals surface area (Å²) in [6.07, 6.45) is 3.97. The minimum Gasteiger partial charge on any atom is -0.508 e. The van der Waals surface area contributed by atoms with E-state index >= 15 is 0 Å². The molecule has 0 aliphatic rings. The highest BCUT2D eigenvalue weighted by Gasteiger charge is 1.94. The molecular weight excluding hydrogens is 218 g/mol. The molecule has 1 aromatic rings. The molecule has 4 heteroatoms. The average Bonchev–Trinajstić information content (AvgIpc) is 2.34. The molecule has 0 bridgehead atoms. The van der Waals surface area contributed by atoms with Crippen molar-refractivity contribution >= 4 is 12.0 Å². The number of carbonyl (C=O) groups excluding carboxylic acids is 1. The summed E-state index contributed by atoms with van der Waals surface area (Å²) in [5.41, 5.74) is 0.870. The minimum atomic E-state index is -0.130. The summed E-state index contributed by atoms with van der Waals surface area (Å²) in [4.78, 5) is 11.4. The Bertz CT molecular complexity index is 371.